The normalized spacial score (nSPS) is 15.3. The van der Waals surface area contributed by atoms with E-state index in [1.807, 2.05) is 0 Å². The minimum atomic E-state index is -0.490. The first-order valence-electron chi connectivity index (χ1n) is 8.65. The van der Waals surface area contributed by atoms with Gasteiger partial charge in [-0.05, 0) is 43.0 Å². The summed E-state index contributed by atoms with van der Waals surface area (Å²) in [6.07, 6.45) is 7.84. The number of likely N-dealkylation sites (tertiary alicyclic amines) is 1. The van der Waals surface area contributed by atoms with Gasteiger partial charge >= 0.3 is 0 Å². The minimum absolute atomic E-state index is 0.114. The lowest BCUT2D eigenvalue weighted by Crippen LogP contribution is -2.41. The number of halogens is 1. The lowest BCUT2D eigenvalue weighted by Gasteiger charge is -2.32. The van der Waals surface area contributed by atoms with Crippen LogP contribution in [0.2, 0.25) is 0 Å². The SMILES string of the molecule is O=C(C=Cc1ccoc1)NCC1CCN(C(=O)c2ccccc2F)CC1. The van der Waals surface area contributed by atoms with Crippen molar-refractivity contribution in [3.05, 3.63) is 65.9 Å². The monoisotopic (exact) mass is 356 g/mol. The molecule has 6 heteroatoms. The van der Waals surface area contributed by atoms with Gasteiger partial charge in [0.1, 0.15) is 5.82 Å². The van der Waals surface area contributed by atoms with Crippen LogP contribution in [-0.2, 0) is 4.79 Å². The topological polar surface area (TPSA) is 62.6 Å². The van der Waals surface area contributed by atoms with E-state index in [0.717, 1.165) is 18.4 Å². The summed E-state index contributed by atoms with van der Waals surface area (Å²) in [5.74, 6) is -0.605. The first-order valence-corrected chi connectivity index (χ1v) is 8.65. The summed E-state index contributed by atoms with van der Waals surface area (Å²) in [6.45, 7) is 1.70. The Balaban J connectivity index is 1.43. The number of benzene rings is 1. The molecule has 2 amide bonds. The van der Waals surface area contributed by atoms with Crippen LogP contribution in [0.5, 0.6) is 0 Å². The Hall–Kier alpha value is -2.89. The third-order valence-corrected chi connectivity index (χ3v) is 4.54. The van der Waals surface area contributed by atoms with Gasteiger partial charge in [0, 0.05) is 31.3 Å². The van der Waals surface area contributed by atoms with Gasteiger partial charge in [-0.3, -0.25) is 9.59 Å². The highest BCUT2D eigenvalue weighted by molar-refractivity contribution is 5.94. The molecule has 0 aliphatic carbocycles. The molecule has 2 aromatic rings. The number of hydrogen-bond acceptors (Lipinski definition) is 3. The highest BCUT2D eigenvalue weighted by Gasteiger charge is 2.25. The van der Waals surface area contributed by atoms with E-state index in [0.29, 0.717) is 25.6 Å². The summed E-state index contributed by atoms with van der Waals surface area (Å²) < 4.78 is 18.7. The predicted octanol–water partition coefficient (Wildman–Crippen LogP) is 3.10. The Morgan fingerprint density at radius 2 is 2.00 bits per heavy atom. The Kier molecular flexibility index (Phi) is 5.84. The van der Waals surface area contributed by atoms with Gasteiger partial charge in [-0.15, -0.1) is 0 Å². The van der Waals surface area contributed by atoms with Crippen molar-refractivity contribution in [2.24, 2.45) is 5.92 Å². The fourth-order valence-electron chi connectivity index (χ4n) is 2.99. The van der Waals surface area contributed by atoms with Crippen molar-refractivity contribution >= 4 is 17.9 Å². The van der Waals surface area contributed by atoms with E-state index < -0.39 is 5.82 Å². The number of carbonyl (C=O) groups is 2. The molecule has 0 saturated carbocycles. The van der Waals surface area contributed by atoms with Crippen LogP contribution in [0.1, 0.15) is 28.8 Å². The van der Waals surface area contributed by atoms with Gasteiger partial charge in [-0.25, -0.2) is 4.39 Å². The third-order valence-electron chi connectivity index (χ3n) is 4.54. The van der Waals surface area contributed by atoms with Crippen LogP contribution in [0.3, 0.4) is 0 Å². The molecule has 1 aliphatic heterocycles. The van der Waals surface area contributed by atoms with Crippen LogP contribution in [0.4, 0.5) is 4.39 Å². The van der Waals surface area contributed by atoms with E-state index in [1.165, 1.54) is 18.2 Å². The molecule has 1 aliphatic rings. The van der Waals surface area contributed by atoms with Gasteiger partial charge in [0.05, 0.1) is 18.1 Å². The quantitative estimate of drug-likeness (QED) is 0.838. The maximum atomic E-state index is 13.7. The lowest BCUT2D eigenvalue weighted by atomic mass is 9.96. The van der Waals surface area contributed by atoms with E-state index in [-0.39, 0.29) is 17.4 Å². The highest BCUT2D eigenvalue weighted by atomic mass is 19.1. The zero-order chi connectivity index (χ0) is 18.4. The van der Waals surface area contributed by atoms with Gasteiger partial charge in [-0.2, -0.15) is 0 Å². The molecule has 136 valence electrons. The Morgan fingerprint density at radius 3 is 2.69 bits per heavy atom. The van der Waals surface area contributed by atoms with Crippen LogP contribution in [-0.4, -0.2) is 36.3 Å². The number of rotatable bonds is 5. The van der Waals surface area contributed by atoms with Crippen molar-refractivity contribution in [3.8, 4) is 0 Å². The number of carbonyl (C=O) groups excluding carboxylic acids is 2. The molecule has 0 bridgehead atoms. The average Bonchev–Trinajstić information content (AvgIpc) is 3.18. The van der Waals surface area contributed by atoms with Crippen LogP contribution < -0.4 is 5.32 Å². The molecule has 0 atom stereocenters. The van der Waals surface area contributed by atoms with Crippen LogP contribution >= 0.6 is 0 Å². The lowest BCUT2D eigenvalue weighted by molar-refractivity contribution is -0.116. The third kappa shape index (κ3) is 4.59. The molecule has 3 rings (SSSR count). The van der Waals surface area contributed by atoms with Crippen molar-refractivity contribution < 1.29 is 18.4 Å². The highest BCUT2D eigenvalue weighted by Crippen LogP contribution is 2.19. The summed E-state index contributed by atoms with van der Waals surface area (Å²) in [5.41, 5.74) is 0.948. The number of hydrogen-bond donors (Lipinski definition) is 1. The molecule has 1 aromatic carbocycles. The van der Waals surface area contributed by atoms with E-state index in [4.69, 9.17) is 4.42 Å². The molecule has 1 aromatic heterocycles. The summed E-state index contributed by atoms with van der Waals surface area (Å²) >= 11 is 0. The predicted molar refractivity (Wildman–Crippen MR) is 95.8 cm³/mol. The molecule has 26 heavy (non-hydrogen) atoms. The van der Waals surface area contributed by atoms with E-state index >= 15 is 0 Å². The molecule has 0 radical (unpaired) electrons. The molecule has 1 fully saturated rings. The zero-order valence-electron chi connectivity index (χ0n) is 14.4. The van der Waals surface area contributed by atoms with Crippen molar-refractivity contribution in [2.75, 3.05) is 19.6 Å². The molecular formula is C20H21FN2O3. The first kappa shape index (κ1) is 17.9. The molecular weight excluding hydrogens is 335 g/mol. The largest absolute Gasteiger partial charge is 0.472 e. The molecule has 0 unspecified atom stereocenters. The van der Waals surface area contributed by atoms with Crippen LogP contribution in [0.15, 0.2) is 53.4 Å². The van der Waals surface area contributed by atoms with E-state index in [2.05, 4.69) is 5.32 Å². The second-order valence-corrected chi connectivity index (χ2v) is 6.35. The summed E-state index contributed by atoms with van der Waals surface area (Å²) in [7, 11) is 0. The first-order chi connectivity index (χ1) is 12.6. The van der Waals surface area contributed by atoms with Crippen LogP contribution in [0, 0.1) is 11.7 Å². The molecule has 0 spiro atoms. The fourth-order valence-corrected chi connectivity index (χ4v) is 2.99. The second-order valence-electron chi connectivity index (χ2n) is 6.35. The Labute approximate surface area is 151 Å². The number of furan rings is 1. The zero-order valence-corrected chi connectivity index (χ0v) is 14.4. The summed E-state index contributed by atoms with van der Waals surface area (Å²) in [4.78, 5) is 25.9. The summed E-state index contributed by atoms with van der Waals surface area (Å²) in [5, 5.41) is 2.88. The van der Waals surface area contributed by atoms with Gasteiger partial charge < -0.3 is 14.6 Å². The number of piperidine rings is 1. The molecule has 1 N–H and O–H groups in total. The molecule has 2 heterocycles. The van der Waals surface area contributed by atoms with E-state index in [9.17, 15) is 14.0 Å². The molecule has 5 nitrogen and oxygen atoms in total. The van der Waals surface area contributed by atoms with E-state index in [1.54, 1.807) is 41.7 Å². The van der Waals surface area contributed by atoms with Crippen molar-refractivity contribution in [1.29, 1.82) is 0 Å². The Morgan fingerprint density at radius 1 is 1.23 bits per heavy atom. The number of nitrogens with zero attached hydrogens (tertiary/aromatic N) is 1. The number of nitrogens with one attached hydrogen (secondary N) is 1. The maximum Gasteiger partial charge on any atom is 0.256 e. The van der Waals surface area contributed by atoms with Crippen molar-refractivity contribution in [3.63, 3.8) is 0 Å². The Bertz CT molecular complexity index is 778. The fraction of sp³-hybridized carbons (Fsp3) is 0.300. The summed E-state index contributed by atoms with van der Waals surface area (Å²) in [6, 6.07) is 7.81. The second kappa shape index (κ2) is 8.47. The number of amides is 2. The average molecular weight is 356 g/mol. The molecule has 1 saturated heterocycles. The smallest absolute Gasteiger partial charge is 0.256 e. The van der Waals surface area contributed by atoms with Gasteiger partial charge in [-0.1, -0.05) is 12.1 Å². The van der Waals surface area contributed by atoms with Crippen molar-refractivity contribution in [2.45, 2.75) is 12.8 Å². The van der Waals surface area contributed by atoms with Gasteiger partial charge in [0.15, 0.2) is 0 Å². The standard InChI is InChI=1S/C20H21FN2O3/c21-18-4-2-1-3-17(18)20(25)23-10-7-15(8-11-23)13-22-19(24)6-5-16-9-12-26-14-16/h1-6,9,12,14-15H,7-8,10-11,13H2,(H,22,24). The van der Waals surface area contributed by atoms with Crippen molar-refractivity contribution in [1.82, 2.24) is 10.2 Å². The minimum Gasteiger partial charge on any atom is -0.472 e. The maximum absolute atomic E-state index is 13.7. The van der Waals surface area contributed by atoms with Gasteiger partial charge in [0.25, 0.3) is 5.91 Å². The van der Waals surface area contributed by atoms with Gasteiger partial charge in [0.2, 0.25) is 5.91 Å². The van der Waals surface area contributed by atoms with Crippen LogP contribution in [0.25, 0.3) is 6.08 Å².